The molecule has 1 saturated carbocycles. The molecular weight excluding hydrogens is 360 g/mol. The smallest absolute Gasteiger partial charge is 0.335 e. The lowest BCUT2D eigenvalue weighted by molar-refractivity contribution is -0.146. The molecule has 0 aliphatic heterocycles. The van der Waals surface area contributed by atoms with E-state index in [1.165, 1.54) is 25.7 Å². The highest BCUT2D eigenvalue weighted by atomic mass is 16.5. The van der Waals surface area contributed by atoms with Crippen LogP contribution in [-0.2, 0) is 19.1 Å². The molecule has 0 atom stereocenters. The van der Waals surface area contributed by atoms with Crippen LogP contribution in [0.2, 0.25) is 0 Å². The summed E-state index contributed by atoms with van der Waals surface area (Å²) in [7, 11) is 0. The highest BCUT2D eigenvalue weighted by Crippen LogP contribution is 2.36. The Labute approximate surface area is 168 Å². The number of aliphatic hydroxyl groups excluding tert-OH is 2. The monoisotopic (exact) mass is 396 g/mol. The molecule has 0 bridgehead atoms. The lowest BCUT2D eigenvalue weighted by Gasteiger charge is -2.33. The van der Waals surface area contributed by atoms with E-state index in [2.05, 4.69) is 20.1 Å². The third-order valence-electron chi connectivity index (χ3n) is 5.59. The van der Waals surface area contributed by atoms with Crippen LogP contribution in [0.3, 0.4) is 0 Å². The van der Waals surface area contributed by atoms with Gasteiger partial charge in [-0.25, -0.2) is 9.59 Å². The second-order valence-corrected chi connectivity index (χ2v) is 7.76. The van der Waals surface area contributed by atoms with Gasteiger partial charge in [0, 0.05) is 5.92 Å². The number of carbonyl (C=O) groups is 2. The molecule has 6 heteroatoms. The van der Waals surface area contributed by atoms with Crippen molar-refractivity contribution in [3.8, 4) is 0 Å². The number of unbranched alkanes of at least 4 members (excludes halogenated alkanes) is 2. The Morgan fingerprint density at radius 1 is 0.929 bits per heavy atom. The number of aliphatic hydroxyl groups is 2. The van der Waals surface area contributed by atoms with Gasteiger partial charge in [-0.1, -0.05) is 58.6 Å². The first-order valence-corrected chi connectivity index (χ1v) is 10.3. The topological polar surface area (TPSA) is 93.1 Å². The van der Waals surface area contributed by atoms with Crippen LogP contribution >= 0.6 is 0 Å². The normalized spacial score (nSPS) is 19.3. The molecular formula is C22H36O6. The summed E-state index contributed by atoms with van der Waals surface area (Å²) < 4.78 is 10.5. The summed E-state index contributed by atoms with van der Waals surface area (Å²) in [6, 6.07) is 0. The Bertz CT molecular complexity index is 487. The van der Waals surface area contributed by atoms with Gasteiger partial charge in [-0.15, -0.1) is 0 Å². The molecule has 0 amide bonds. The number of hydrogen-bond acceptors (Lipinski definition) is 6. The van der Waals surface area contributed by atoms with Gasteiger partial charge < -0.3 is 19.7 Å². The second-order valence-electron chi connectivity index (χ2n) is 7.76. The van der Waals surface area contributed by atoms with Crippen LogP contribution in [-0.4, -0.2) is 48.6 Å². The Morgan fingerprint density at radius 2 is 1.43 bits per heavy atom. The van der Waals surface area contributed by atoms with Crippen molar-refractivity contribution in [3.05, 3.63) is 24.3 Å². The maximum Gasteiger partial charge on any atom is 0.335 e. The summed E-state index contributed by atoms with van der Waals surface area (Å²) in [5.41, 5.74) is 0.00747. The summed E-state index contributed by atoms with van der Waals surface area (Å²) >= 11 is 0. The maximum absolute atomic E-state index is 11.8. The van der Waals surface area contributed by atoms with Crippen molar-refractivity contribution >= 4 is 11.9 Å². The van der Waals surface area contributed by atoms with Gasteiger partial charge >= 0.3 is 11.9 Å². The van der Waals surface area contributed by atoms with Crippen molar-refractivity contribution in [2.75, 3.05) is 26.4 Å². The Balaban J connectivity index is 2.59. The SMILES string of the molecule is C=C(CO)C(=O)OCC(COC(=O)C(=C)CO)C1CCC(CCCCC)CC1. The van der Waals surface area contributed by atoms with Crippen molar-refractivity contribution in [1.29, 1.82) is 0 Å². The molecule has 6 nitrogen and oxygen atoms in total. The van der Waals surface area contributed by atoms with Gasteiger partial charge in [-0.3, -0.25) is 0 Å². The van der Waals surface area contributed by atoms with E-state index in [9.17, 15) is 9.59 Å². The fraction of sp³-hybridized carbons (Fsp3) is 0.727. The van der Waals surface area contributed by atoms with Crippen LogP contribution in [0, 0.1) is 17.8 Å². The fourth-order valence-electron chi connectivity index (χ4n) is 3.65. The van der Waals surface area contributed by atoms with E-state index in [0.717, 1.165) is 31.6 Å². The van der Waals surface area contributed by atoms with Crippen molar-refractivity contribution < 1.29 is 29.3 Å². The zero-order valence-electron chi connectivity index (χ0n) is 17.2. The lowest BCUT2D eigenvalue weighted by Crippen LogP contribution is -2.31. The van der Waals surface area contributed by atoms with Crippen LogP contribution < -0.4 is 0 Å². The first-order chi connectivity index (χ1) is 13.4. The van der Waals surface area contributed by atoms with E-state index in [1.54, 1.807) is 0 Å². The minimum Gasteiger partial charge on any atom is -0.462 e. The summed E-state index contributed by atoms with van der Waals surface area (Å²) in [5, 5.41) is 18.0. The van der Waals surface area contributed by atoms with Crippen molar-refractivity contribution in [2.24, 2.45) is 17.8 Å². The van der Waals surface area contributed by atoms with Crippen LogP contribution in [0.5, 0.6) is 0 Å². The number of esters is 2. The van der Waals surface area contributed by atoms with E-state index in [-0.39, 0.29) is 30.3 Å². The summed E-state index contributed by atoms with van der Waals surface area (Å²) in [6.07, 6.45) is 9.35. The molecule has 2 N–H and O–H groups in total. The Morgan fingerprint density at radius 3 is 1.86 bits per heavy atom. The standard InChI is InChI=1S/C22H36O6/c1-4-5-6-7-18-8-10-19(11-9-18)20(14-27-21(25)16(2)12-23)15-28-22(26)17(3)13-24/h18-20,23-24H,2-15H2,1H3. The third-order valence-corrected chi connectivity index (χ3v) is 5.59. The maximum atomic E-state index is 11.8. The molecule has 0 radical (unpaired) electrons. The van der Waals surface area contributed by atoms with Gasteiger partial charge in [0.05, 0.1) is 37.6 Å². The number of carbonyl (C=O) groups excluding carboxylic acids is 2. The molecule has 1 aliphatic rings. The minimum atomic E-state index is -0.633. The number of ether oxygens (including phenoxy) is 2. The summed E-state index contributed by atoms with van der Waals surface area (Å²) in [5.74, 6) is -0.342. The highest BCUT2D eigenvalue weighted by Gasteiger charge is 2.30. The van der Waals surface area contributed by atoms with E-state index in [4.69, 9.17) is 19.7 Å². The van der Waals surface area contributed by atoms with Gasteiger partial charge in [0.1, 0.15) is 0 Å². The molecule has 1 aliphatic carbocycles. The Kier molecular flexibility index (Phi) is 11.8. The first-order valence-electron chi connectivity index (χ1n) is 10.3. The highest BCUT2D eigenvalue weighted by molar-refractivity contribution is 5.88. The molecule has 0 unspecified atom stereocenters. The molecule has 1 rings (SSSR count). The van der Waals surface area contributed by atoms with E-state index in [1.807, 2.05) is 0 Å². The average molecular weight is 397 g/mol. The van der Waals surface area contributed by atoms with Gasteiger partial charge in [0.2, 0.25) is 0 Å². The molecule has 0 saturated heterocycles. The lowest BCUT2D eigenvalue weighted by atomic mass is 9.75. The molecule has 160 valence electrons. The van der Waals surface area contributed by atoms with Crippen LogP contribution in [0.4, 0.5) is 0 Å². The predicted molar refractivity (Wildman–Crippen MR) is 107 cm³/mol. The minimum absolute atomic E-state index is 0.00374. The van der Waals surface area contributed by atoms with E-state index >= 15 is 0 Å². The first kappa shape index (κ1) is 24.4. The molecule has 1 fully saturated rings. The summed E-state index contributed by atoms with van der Waals surface area (Å²) in [4.78, 5) is 23.6. The number of rotatable bonds is 13. The molecule has 0 heterocycles. The largest absolute Gasteiger partial charge is 0.462 e. The second kappa shape index (κ2) is 13.5. The third kappa shape index (κ3) is 8.57. The fourth-order valence-corrected chi connectivity index (χ4v) is 3.65. The molecule has 0 aromatic rings. The molecule has 0 aromatic heterocycles. The van der Waals surface area contributed by atoms with Gasteiger partial charge in [0.15, 0.2) is 0 Å². The van der Waals surface area contributed by atoms with Gasteiger partial charge in [-0.2, -0.15) is 0 Å². The van der Waals surface area contributed by atoms with Crippen LogP contribution in [0.15, 0.2) is 24.3 Å². The van der Waals surface area contributed by atoms with Crippen LogP contribution in [0.1, 0.15) is 58.3 Å². The molecule has 28 heavy (non-hydrogen) atoms. The van der Waals surface area contributed by atoms with Gasteiger partial charge in [-0.05, 0) is 24.7 Å². The van der Waals surface area contributed by atoms with E-state index < -0.39 is 25.2 Å². The van der Waals surface area contributed by atoms with E-state index in [0.29, 0.717) is 5.92 Å². The zero-order chi connectivity index (χ0) is 20.9. The summed E-state index contributed by atoms with van der Waals surface area (Å²) in [6.45, 7) is 8.48. The zero-order valence-corrected chi connectivity index (χ0v) is 17.2. The van der Waals surface area contributed by atoms with Crippen molar-refractivity contribution in [3.63, 3.8) is 0 Å². The quantitative estimate of drug-likeness (QED) is 0.282. The average Bonchev–Trinajstić information content (AvgIpc) is 2.72. The number of hydrogen-bond donors (Lipinski definition) is 2. The molecule has 0 spiro atoms. The predicted octanol–water partition coefficient (Wildman–Crippen LogP) is 3.17. The molecule has 0 aromatic carbocycles. The van der Waals surface area contributed by atoms with Gasteiger partial charge in [0.25, 0.3) is 0 Å². The van der Waals surface area contributed by atoms with Crippen molar-refractivity contribution in [1.82, 2.24) is 0 Å². The van der Waals surface area contributed by atoms with Crippen LogP contribution in [0.25, 0.3) is 0 Å². The van der Waals surface area contributed by atoms with Crippen molar-refractivity contribution in [2.45, 2.75) is 58.3 Å². The Hall–Kier alpha value is -1.66.